The van der Waals surface area contributed by atoms with Gasteiger partial charge in [0.15, 0.2) is 11.5 Å². The van der Waals surface area contributed by atoms with Gasteiger partial charge >= 0.3 is 0 Å². The third-order valence-electron chi connectivity index (χ3n) is 7.36. The van der Waals surface area contributed by atoms with Crippen LogP contribution in [0.4, 0.5) is 0 Å². The molecule has 0 spiro atoms. The molecule has 0 saturated carbocycles. The topological polar surface area (TPSA) is 71.9 Å². The van der Waals surface area contributed by atoms with Crippen LogP contribution in [0.15, 0.2) is 79.1 Å². The molecule has 0 aliphatic carbocycles. The SMILES string of the molecule is COc1cc2c(cc1OCCc1cccc(O)c1)C(c1ccc(C)cc1Cl)N(C(=O)CCc1ccncc1)CC2. The second kappa shape index (κ2) is 12.4. The number of aromatic hydroxyl groups is 1. The molecule has 1 atom stereocenters. The van der Waals surface area contributed by atoms with Gasteiger partial charge < -0.3 is 19.5 Å². The van der Waals surface area contributed by atoms with E-state index in [0.29, 0.717) is 55.4 Å². The maximum atomic E-state index is 13.7. The van der Waals surface area contributed by atoms with E-state index in [4.69, 9.17) is 21.1 Å². The Labute approximate surface area is 240 Å². The number of carbonyl (C=O) groups is 1. The third-order valence-corrected chi connectivity index (χ3v) is 7.69. The highest BCUT2D eigenvalue weighted by Gasteiger charge is 2.34. The molecular weight excluding hydrogens is 524 g/mol. The monoisotopic (exact) mass is 556 g/mol. The van der Waals surface area contributed by atoms with E-state index in [1.165, 1.54) is 0 Å². The molecular formula is C33H33ClN2O4. The van der Waals surface area contributed by atoms with Crippen LogP contribution in [0, 0.1) is 6.92 Å². The standard InChI is InChI=1S/C33H33ClN2O4/c1-22-6-8-27(29(34)18-22)33-28-21-31(40-17-13-24-4-3-5-26(37)19-24)30(39-2)20-25(28)12-16-36(33)32(38)9-7-23-10-14-35-15-11-23/h3-6,8,10-11,14-15,18-21,33,37H,7,9,12-13,16-17H2,1-2H3. The number of hydrogen-bond acceptors (Lipinski definition) is 5. The number of phenolic OH excluding ortho intramolecular Hbond substituents is 1. The number of aryl methyl sites for hydroxylation is 2. The molecule has 0 saturated heterocycles. The van der Waals surface area contributed by atoms with Crippen LogP contribution in [0.2, 0.25) is 5.02 Å². The fraction of sp³-hybridized carbons (Fsp3) is 0.273. The highest BCUT2D eigenvalue weighted by molar-refractivity contribution is 6.31. The van der Waals surface area contributed by atoms with Crippen LogP contribution in [-0.4, -0.2) is 41.2 Å². The lowest BCUT2D eigenvalue weighted by molar-refractivity contribution is -0.133. The maximum absolute atomic E-state index is 13.7. The number of aromatic nitrogens is 1. The minimum atomic E-state index is -0.346. The van der Waals surface area contributed by atoms with Gasteiger partial charge in [0.2, 0.25) is 5.91 Å². The number of hydrogen-bond donors (Lipinski definition) is 1. The van der Waals surface area contributed by atoms with Gasteiger partial charge in [-0.15, -0.1) is 0 Å². The number of pyridine rings is 1. The normalized spacial score (nSPS) is 14.5. The number of phenols is 1. The Bertz CT molecular complexity index is 1490. The predicted molar refractivity (Wildman–Crippen MR) is 156 cm³/mol. The molecule has 0 bridgehead atoms. The number of fused-ring (bicyclic) bond motifs is 1. The molecule has 40 heavy (non-hydrogen) atoms. The number of nitrogens with zero attached hydrogens (tertiary/aromatic N) is 2. The van der Waals surface area contributed by atoms with Crippen molar-refractivity contribution in [1.82, 2.24) is 9.88 Å². The van der Waals surface area contributed by atoms with Crippen LogP contribution in [0.5, 0.6) is 17.2 Å². The van der Waals surface area contributed by atoms with Gasteiger partial charge in [-0.3, -0.25) is 9.78 Å². The highest BCUT2D eigenvalue weighted by Crippen LogP contribution is 2.43. The van der Waals surface area contributed by atoms with Gasteiger partial charge in [-0.05, 0) is 95.6 Å². The first kappa shape index (κ1) is 27.5. The largest absolute Gasteiger partial charge is 0.508 e. The fourth-order valence-corrected chi connectivity index (χ4v) is 5.63. The zero-order chi connectivity index (χ0) is 28.1. The molecule has 0 radical (unpaired) electrons. The van der Waals surface area contributed by atoms with Gasteiger partial charge in [0.1, 0.15) is 5.75 Å². The lowest BCUT2D eigenvalue weighted by Crippen LogP contribution is -2.41. The van der Waals surface area contributed by atoms with E-state index in [1.54, 1.807) is 31.6 Å². The molecule has 6 nitrogen and oxygen atoms in total. The van der Waals surface area contributed by atoms with Gasteiger partial charge in [-0.25, -0.2) is 0 Å². The molecule has 2 heterocycles. The summed E-state index contributed by atoms with van der Waals surface area (Å²) in [5, 5.41) is 10.4. The summed E-state index contributed by atoms with van der Waals surface area (Å²) in [6.07, 6.45) is 5.87. The first-order valence-electron chi connectivity index (χ1n) is 13.5. The van der Waals surface area contributed by atoms with Crippen LogP contribution in [0.1, 0.15) is 45.8 Å². The minimum absolute atomic E-state index is 0.0753. The Morgan fingerprint density at radius 3 is 2.58 bits per heavy atom. The average molecular weight is 557 g/mol. The zero-order valence-corrected chi connectivity index (χ0v) is 23.5. The third kappa shape index (κ3) is 6.23. The van der Waals surface area contributed by atoms with Crippen molar-refractivity contribution < 1.29 is 19.4 Å². The molecule has 1 unspecified atom stereocenters. The van der Waals surface area contributed by atoms with Crippen molar-refractivity contribution >= 4 is 17.5 Å². The summed E-state index contributed by atoms with van der Waals surface area (Å²) in [5.74, 6) is 1.57. The second-order valence-electron chi connectivity index (χ2n) is 10.1. The summed E-state index contributed by atoms with van der Waals surface area (Å²) in [7, 11) is 1.63. The average Bonchev–Trinajstić information content (AvgIpc) is 2.96. The molecule has 1 aliphatic rings. The van der Waals surface area contributed by atoms with Crippen LogP contribution in [0.25, 0.3) is 0 Å². The summed E-state index contributed by atoms with van der Waals surface area (Å²) in [6, 6.07) is 20.7. The number of benzene rings is 3. The lowest BCUT2D eigenvalue weighted by Gasteiger charge is -2.39. The van der Waals surface area contributed by atoms with Gasteiger partial charge in [0.25, 0.3) is 0 Å². The number of carbonyl (C=O) groups excluding carboxylic acids is 1. The van der Waals surface area contributed by atoms with Crippen LogP contribution in [-0.2, 0) is 24.1 Å². The molecule has 1 aromatic heterocycles. The number of halogens is 1. The Morgan fingerprint density at radius 1 is 1.00 bits per heavy atom. The Morgan fingerprint density at radius 2 is 1.82 bits per heavy atom. The van der Waals surface area contributed by atoms with Crippen molar-refractivity contribution in [2.75, 3.05) is 20.3 Å². The molecule has 5 rings (SSSR count). The highest BCUT2D eigenvalue weighted by atomic mass is 35.5. The van der Waals surface area contributed by atoms with Crippen LogP contribution >= 0.6 is 11.6 Å². The smallest absolute Gasteiger partial charge is 0.223 e. The molecule has 1 N–H and O–H groups in total. The molecule has 0 fully saturated rings. The number of amides is 1. The molecule has 4 aromatic rings. The predicted octanol–water partition coefficient (Wildman–Crippen LogP) is 6.49. The van der Waals surface area contributed by atoms with E-state index in [2.05, 4.69) is 4.98 Å². The van der Waals surface area contributed by atoms with Crippen molar-refractivity contribution in [1.29, 1.82) is 0 Å². The van der Waals surface area contributed by atoms with Crippen molar-refractivity contribution in [2.24, 2.45) is 0 Å². The van der Waals surface area contributed by atoms with E-state index in [0.717, 1.165) is 33.4 Å². The number of methoxy groups -OCH3 is 1. The van der Waals surface area contributed by atoms with Gasteiger partial charge in [0, 0.05) is 36.8 Å². The second-order valence-corrected chi connectivity index (χ2v) is 10.5. The summed E-state index contributed by atoms with van der Waals surface area (Å²) in [6.45, 7) is 2.99. The maximum Gasteiger partial charge on any atom is 0.223 e. The van der Waals surface area contributed by atoms with E-state index in [-0.39, 0.29) is 17.7 Å². The van der Waals surface area contributed by atoms with Crippen molar-refractivity contribution in [3.8, 4) is 17.2 Å². The van der Waals surface area contributed by atoms with E-state index >= 15 is 0 Å². The summed E-state index contributed by atoms with van der Waals surface area (Å²) in [5.41, 5.74) is 6.11. The van der Waals surface area contributed by atoms with Crippen molar-refractivity contribution in [2.45, 2.75) is 38.6 Å². The van der Waals surface area contributed by atoms with Crippen LogP contribution < -0.4 is 9.47 Å². The van der Waals surface area contributed by atoms with Gasteiger partial charge in [-0.1, -0.05) is 35.9 Å². The summed E-state index contributed by atoms with van der Waals surface area (Å²) in [4.78, 5) is 19.7. The Kier molecular flexibility index (Phi) is 8.56. The number of rotatable bonds is 9. The summed E-state index contributed by atoms with van der Waals surface area (Å²) < 4.78 is 11.9. The Balaban J connectivity index is 1.46. The quantitative estimate of drug-likeness (QED) is 0.255. The molecule has 206 valence electrons. The van der Waals surface area contributed by atoms with E-state index in [1.807, 2.05) is 66.4 Å². The molecule has 1 aliphatic heterocycles. The minimum Gasteiger partial charge on any atom is -0.508 e. The van der Waals surface area contributed by atoms with Gasteiger partial charge in [0.05, 0.1) is 19.8 Å². The lowest BCUT2D eigenvalue weighted by atomic mass is 9.87. The van der Waals surface area contributed by atoms with E-state index in [9.17, 15) is 9.90 Å². The molecule has 1 amide bonds. The zero-order valence-electron chi connectivity index (χ0n) is 22.8. The van der Waals surface area contributed by atoms with Gasteiger partial charge in [-0.2, -0.15) is 0 Å². The fourth-order valence-electron chi connectivity index (χ4n) is 5.29. The molecule has 3 aromatic carbocycles. The first-order chi connectivity index (χ1) is 19.4. The molecule has 7 heteroatoms. The number of ether oxygens (including phenoxy) is 2. The Hall–Kier alpha value is -4.03. The van der Waals surface area contributed by atoms with Crippen molar-refractivity contribution in [3.05, 3.63) is 118 Å². The van der Waals surface area contributed by atoms with E-state index < -0.39 is 0 Å². The first-order valence-corrected chi connectivity index (χ1v) is 13.9. The van der Waals surface area contributed by atoms with Crippen LogP contribution in [0.3, 0.4) is 0 Å². The van der Waals surface area contributed by atoms with Crippen molar-refractivity contribution in [3.63, 3.8) is 0 Å². The summed E-state index contributed by atoms with van der Waals surface area (Å²) >= 11 is 6.81.